The van der Waals surface area contributed by atoms with E-state index in [1.54, 1.807) is 36.4 Å². The molecule has 3 aromatic rings. The molecule has 0 saturated carbocycles. The molecule has 0 spiro atoms. The van der Waals surface area contributed by atoms with E-state index in [9.17, 15) is 9.59 Å². The summed E-state index contributed by atoms with van der Waals surface area (Å²) in [6.45, 7) is 3.38. The van der Waals surface area contributed by atoms with Gasteiger partial charge in [-0.25, -0.2) is 14.3 Å². The first kappa shape index (κ1) is 17.8. The Hall–Kier alpha value is -2.61. The number of H-pyrrole nitrogens is 1. The number of piperidine rings is 1. The summed E-state index contributed by atoms with van der Waals surface area (Å²) < 4.78 is 1.53. The summed E-state index contributed by atoms with van der Waals surface area (Å²) in [6, 6.07) is 5.70. The van der Waals surface area contributed by atoms with E-state index in [2.05, 4.69) is 5.10 Å². The van der Waals surface area contributed by atoms with Crippen LogP contribution >= 0.6 is 11.3 Å². The molecule has 0 bridgehead atoms. The molecule has 8 heteroatoms. The van der Waals surface area contributed by atoms with Crippen molar-refractivity contribution in [3.63, 3.8) is 0 Å². The minimum Gasteiger partial charge on any atom is -0.331 e. The number of nitrogens with one attached hydrogen (secondary N) is 1. The Morgan fingerprint density at radius 2 is 2.07 bits per heavy atom. The zero-order valence-electron chi connectivity index (χ0n) is 15.7. The molecule has 1 saturated heterocycles. The molecule has 0 radical (unpaired) electrons. The van der Waals surface area contributed by atoms with Gasteiger partial charge in [-0.05, 0) is 31.2 Å². The van der Waals surface area contributed by atoms with Gasteiger partial charge >= 0.3 is 6.03 Å². The number of amides is 2. The maximum absolute atomic E-state index is 12.7. The van der Waals surface area contributed by atoms with Crippen LogP contribution in [0.1, 0.15) is 30.0 Å². The van der Waals surface area contributed by atoms with E-state index in [4.69, 9.17) is 4.98 Å². The Balaban J connectivity index is 1.63. The highest BCUT2D eigenvalue weighted by molar-refractivity contribution is 7.13. The molecule has 4 heterocycles. The van der Waals surface area contributed by atoms with Crippen molar-refractivity contribution in [1.29, 1.82) is 0 Å². The molecule has 3 aromatic heterocycles. The Bertz CT molecular complexity index is 1030. The fraction of sp³-hybridized carbons (Fsp3) is 0.421. The first-order valence-electron chi connectivity index (χ1n) is 9.08. The van der Waals surface area contributed by atoms with E-state index in [1.807, 2.05) is 29.3 Å². The summed E-state index contributed by atoms with van der Waals surface area (Å²) >= 11 is 1.63. The lowest BCUT2D eigenvalue weighted by Gasteiger charge is -2.33. The number of fused-ring (bicyclic) bond motifs is 1. The van der Waals surface area contributed by atoms with Crippen molar-refractivity contribution in [2.24, 2.45) is 0 Å². The SMILES string of the molecule is Cc1c(-c2cccs2)[nH]n2c(=O)cc(C3CCN(C(=O)N(C)C)CC3)nc12. The van der Waals surface area contributed by atoms with Gasteiger partial charge in [-0.3, -0.25) is 9.89 Å². The van der Waals surface area contributed by atoms with E-state index in [1.165, 1.54) is 4.52 Å². The van der Waals surface area contributed by atoms with Crippen LogP contribution in [-0.2, 0) is 0 Å². The third-order valence-electron chi connectivity index (χ3n) is 5.21. The summed E-state index contributed by atoms with van der Waals surface area (Å²) in [5, 5.41) is 5.21. The van der Waals surface area contributed by atoms with Crippen molar-refractivity contribution in [2.45, 2.75) is 25.7 Å². The number of aromatic amines is 1. The third-order valence-corrected chi connectivity index (χ3v) is 6.09. The number of likely N-dealkylation sites (tertiary alicyclic amines) is 1. The van der Waals surface area contributed by atoms with E-state index in [0.717, 1.165) is 34.7 Å². The zero-order valence-corrected chi connectivity index (χ0v) is 16.5. The fourth-order valence-corrected chi connectivity index (χ4v) is 4.46. The number of thiophene rings is 1. The number of urea groups is 1. The molecule has 1 fully saturated rings. The van der Waals surface area contributed by atoms with Crippen LogP contribution < -0.4 is 5.56 Å². The van der Waals surface area contributed by atoms with Gasteiger partial charge in [0.15, 0.2) is 5.65 Å². The van der Waals surface area contributed by atoms with Crippen LogP contribution in [0.3, 0.4) is 0 Å². The third kappa shape index (κ3) is 3.14. The van der Waals surface area contributed by atoms with E-state index < -0.39 is 0 Å². The highest BCUT2D eigenvalue weighted by Crippen LogP contribution is 2.30. The molecule has 4 rings (SSSR count). The van der Waals surface area contributed by atoms with Crippen LogP contribution in [0.5, 0.6) is 0 Å². The normalized spacial score (nSPS) is 15.4. The molecular weight excluding hydrogens is 362 g/mol. The van der Waals surface area contributed by atoms with Gasteiger partial charge in [0.25, 0.3) is 5.56 Å². The predicted octanol–water partition coefficient (Wildman–Crippen LogP) is 2.92. The summed E-state index contributed by atoms with van der Waals surface area (Å²) in [5.41, 5.74) is 3.35. The number of hydrogen-bond donors (Lipinski definition) is 1. The van der Waals surface area contributed by atoms with Gasteiger partial charge < -0.3 is 9.80 Å². The minimum atomic E-state index is -0.0901. The van der Waals surface area contributed by atoms with E-state index in [0.29, 0.717) is 18.7 Å². The van der Waals surface area contributed by atoms with Gasteiger partial charge in [0, 0.05) is 44.7 Å². The highest BCUT2D eigenvalue weighted by atomic mass is 32.1. The number of nitrogens with zero attached hydrogens (tertiary/aromatic N) is 4. The Labute approximate surface area is 161 Å². The second-order valence-electron chi connectivity index (χ2n) is 7.21. The topological polar surface area (TPSA) is 73.7 Å². The Morgan fingerprint density at radius 3 is 2.70 bits per heavy atom. The zero-order chi connectivity index (χ0) is 19.1. The number of aromatic nitrogens is 3. The number of hydrogen-bond acceptors (Lipinski definition) is 4. The van der Waals surface area contributed by atoms with Crippen LogP contribution in [0.15, 0.2) is 28.4 Å². The molecule has 1 N–H and O–H groups in total. The van der Waals surface area contributed by atoms with E-state index >= 15 is 0 Å². The highest BCUT2D eigenvalue weighted by Gasteiger charge is 2.26. The number of rotatable bonds is 2. The van der Waals surface area contributed by atoms with Gasteiger partial charge in [-0.15, -0.1) is 11.3 Å². The fourth-order valence-electron chi connectivity index (χ4n) is 3.69. The molecule has 2 amide bonds. The molecule has 0 aromatic carbocycles. The van der Waals surface area contributed by atoms with Gasteiger partial charge in [0.1, 0.15) is 0 Å². The molecule has 142 valence electrons. The molecule has 1 aliphatic heterocycles. The Kier molecular flexibility index (Phi) is 4.51. The molecular formula is C19H23N5O2S. The molecule has 7 nitrogen and oxygen atoms in total. The van der Waals surface area contributed by atoms with Crippen molar-refractivity contribution in [2.75, 3.05) is 27.2 Å². The maximum Gasteiger partial charge on any atom is 0.319 e. The van der Waals surface area contributed by atoms with Crippen molar-refractivity contribution in [3.8, 4) is 10.6 Å². The number of carbonyl (C=O) groups is 1. The van der Waals surface area contributed by atoms with Crippen LogP contribution in [0.25, 0.3) is 16.2 Å². The van der Waals surface area contributed by atoms with Gasteiger partial charge in [-0.1, -0.05) is 6.07 Å². The standard InChI is InChI=1S/C19H23N5O2S/c1-12-17(15-5-4-10-27-15)21-24-16(25)11-14(20-18(12)24)13-6-8-23(9-7-13)19(26)22(2)3/h4-5,10-11,13,21H,6-9H2,1-3H3. The van der Waals surface area contributed by atoms with Crippen molar-refractivity contribution < 1.29 is 4.79 Å². The molecule has 0 aliphatic carbocycles. The summed E-state index contributed by atoms with van der Waals surface area (Å²) in [6.07, 6.45) is 1.65. The summed E-state index contributed by atoms with van der Waals surface area (Å²) in [4.78, 5) is 34.1. The van der Waals surface area contributed by atoms with Gasteiger partial charge in [0.05, 0.1) is 16.3 Å². The van der Waals surface area contributed by atoms with Crippen LogP contribution in [0, 0.1) is 6.92 Å². The molecule has 27 heavy (non-hydrogen) atoms. The second kappa shape index (κ2) is 6.84. The van der Waals surface area contributed by atoms with Gasteiger partial charge in [0.2, 0.25) is 0 Å². The lowest BCUT2D eigenvalue weighted by atomic mass is 9.93. The first-order valence-corrected chi connectivity index (χ1v) is 9.96. The van der Waals surface area contributed by atoms with E-state index in [-0.39, 0.29) is 17.5 Å². The largest absolute Gasteiger partial charge is 0.331 e. The molecule has 0 unspecified atom stereocenters. The minimum absolute atomic E-state index is 0.0407. The Morgan fingerprint density at radius 1 is 1.33 bits per heavy atom. The maximum atomic E-state index is 12.7. The second-order valence-corrected chi connectivity index (χ2v) is 8.15. The predicted molar refractivity (Wildman–Crippen MR) is 106 cm³/mol. The number of aryl methyl sites for hydroxylation is 1. The lowest BCUT2D eigenvalue weighted by molar-refractivity contribution is 0.156. The quantitative estimate of drug-likeness (QED) is 0.737. The van der Waals surface area contributed by atoms with Crippen molar-refractivity contribution in [1.82, 2.24) is 24.4 Å². The number of carbonyl (C=O) groups excluding carboxylic acids is 1. The smallest absolute Gasteiger partial charge is 0.319 e. The van der Waals surface area contributed by atoms with Gasteiger partial charge in [-0.2, -0.15) is 0 Å². The molecule has 1 aliphatic rings. The van der Waals surface area contributed by atoms with Crippen molar-refractivity contribution >= 4 is 23.0 Å². The summed E-state index contributed by atoms with van der Waals surface area (Å²) in [7, 11) is 3.54. The van der Waals surface area contributed by atoms with Crippen LogP contribution in [0.4, 0.5) is 4.79 Å². The van der Waals surface area contributed by atoms with Crippen LogP contribution in [-0.4, -0.2) is 57.6 Å². The average molecular weight is 385 g/mol. The van der Waals surface area contributed by atoms with Crippen LogP contribution in [0.2, 0.25) is 0 Å². The monoisotopic (exact) mass is 385 g/mol. The van der Waals surface area contributed by atoms with Crippen molar-refractivity contribution in [3.05, 3.63) is 45.2 Å². The molecule has 0 atom stereocenters. The first-order chi connectivity index (χ1) is 13.0. The summed E-state index contributed by atoms with van der Waals surface area (Å²) in [5.74, 6) is 0.202. The average Bonchev–Trinajstić information content (AvgIpc) is 3.30. The lowest BCUT2D eigenvalue weighted by Crippen LogP contribution is -2.43.